The Balaban J connectivity index is 2.57. The summed E-state index contributed by atoms with van der Waals surface area (Å²) in [6.07, 6.45) is 3.91. The van der Waals surface area contributed by atoms with Gasteiger partial charge in [0, 0.05) is 6.42 Å². The van der Waals surface area contributed by atoms with Crippen molar-refractivity contribution >= 4 is 0 Å². The molecule has 56 valence electrons. The highest BCUT2D eigenvalue weighted by molar-refractivity contribution is 5.07. The van der Waals surface area contributed by atoms with Gasteiger partial charge in [-0.1, -0.05) is 0 Å². The van der Waals surface area contributed by atoms with Crippen LogP contribution < -0.4 is 0 Å². The van der Waals surface area contributed by atoms with Crippen LogP contribution in [-0.4, -0.2) is 10.7 Å². The Bertz CT molecular complexity index is 182. The van der Waals surface area contributed by atoms with E-state index in [0.717, 1.165) is 5.56 Å². The molecule has 0 amide bonds. The van der Waals surface area contributed by atoms with Gasteiger partial charge < -0.3 is 9.52 Å². The summed E-state index contributed by atoms with van der Waals surface area (Å²) >= 11 is 0. The largest absolute Gasteiger partial charge is 0.472 e. The maximum absolute atomic E-state index is 9.35. The van der Waals surface area contributed by atoms with Gasteiger partial charge in [0.2, 0.25) is 0 Å². The lowest BCUT2D eigenvalue weighted by molar-refractivity contribution is 0.0808. The van der Waals surface area contributed by atoms with Crippen LogP contribution in [0, 0.1) is 0 Å². The Hall–Kier alpha value is -0.760. The van der Waals surface area contributed by atoms with E-state index in [0.29, 0.717) is 6.42 Å². The quantitative estimate of drug-likeness (QED) is 0.676. The second-order valence-electron chi connectivity index (χ2n) is 3.12. The van der Waals surface area contributed by atoms with Crippen LogP contribution in [0.1, 0.15) is 19.4 Å². The monoisotopic (exact) mass is 140 g/mol. The molecule has 0 aliphatic heterocycles. The van der Waals surface area contributed by atoms with E-state index >= 15 is 0 Å². The first-order chi connectivity index (χ1) is 4.58. The Labute approximate surface area is 60.5 Å². The van der Waals surface area contributed by atoms with E-state index < -0.39 is 5.60 Å². The van der Waals surface area contributed by atoms with Crippen molar-refractivity contribution in [3.8, 4) is 0 Å². The standard InChI is InChI=1S/C8H12O2/c1-8(2,9)5-7-3-4-10-6-7/h3-4,6,9H,5H2,1-2H3. The summed E-state index contributed by atoms with van der Waals surface area (Å²) in [5.74, 6) is 0. The summed E-state index contributed by atoms with van der Waals surface area (Å²) < 4.78 is 4.85. The molecule has 0 bridgehead atoms. The van der Waals surface area contributed by atoms with Crippen LogP contribution in [0.15, 0.2) is 23.0 Å². The van der Waals surface area contributed by atoms with Crippen molar-refractivity contribution in [2.45, 2.75) is 25.9 Å². The van der Waals surface area contributed by atoms with E-state index in [2.05, 4.69) is 0 Å². The summed E-state index contributed by atoms with van der Waals surface area (Å²) in [6, 6.07) is 1.86. The molecule has 0 fully saturated rings. The number of rotatable bonds is 2. The van der Waals surface area contributed by atoms with E-state index in [-0.39, 0.29) is 0 Å². The van der Waals surface area contributed by atoms with Gasteiger partial charge in [-0.2, -0.15) is 0 Å². The molecule has 0 aliphatic carbocycles. The van der Waals surface area contributed by atoms with Crippen LogP contribution in [-0.2, 0) is 6.42 Å². The average Bonchev–Trinajstić information content (AvgIpc) is 2.12. The first-order valence-electron chi connectivity index (χ1n) is 3.31. The molecule has 10 heavy (non-hydrogen) atoms. The summed E-state index contributed by atoms with van der Waals surface area (Å²) in [4.78, 5) is 0. The minimum Gasteiger partial charge on any atom is -0.472 e. The van der Waals surface area contributed by atoms with Crippen LogP contribution in [0.25, 0.3) is 0 Å². The van der Waals surface area contributed by atoms with E-state index in [9.17, 15) is 5.11 Å². The second kappa shape index (κ2) is 2.46. The Kier molecular flexibility index (Phi) is 1.81. The molecule has 0 saturated carbocycles. The Morgan fingerprint density at radius 2 is 2.30 bits per heavy atom. The van der Waals surface area contributed by atoms with Gasteiger partial charge in [0.15, 0.2) is 0 Å². The van der Waals surface area contributed by atoms with E-state index in [4.69, 9.17) is 4.42 Å². The number of hydrogen-bond acceptors (Lipinski definition) is 2. The van der Waals surface area contributed by atoms with Gasteiger partial charge in [-0.25, -0.2) is 0 Å². The van der Waals surface area contributed by atoms with Gasteiger partial charge >= 0.3 is 0 Å². The molecule has 1 aromatic heterocycles. The van der Waals surface area contributed by atoms with Crippen LogP contribution in [0.3, 0.4) is 0 Å². The predicted octanol–water partition coefficient (Wildman–Crippen LogP) is 1.59. The predicted molar refractivity (Wildman–Crippen MR) is 38.7 cm³/mol. The SMILES string of the molecule is CC(C)(O)Cc1ccoc1. The molecular formula is C8H12O2. The minimum absolute atomic E-state index is 0.635. The van der Waals surface area contributed by atoms with Gasteiger partial charge in [-0.05, 0) is 25.5 Å². The van der Waals surface area contributed by atoms with Crippen molar-refractivity contribution in [2.75, 3.05) is 0 Å². The molecule has 0 radical (unpaired) electrons. The van der Waals surface area contributed by atoms with E-state index in [1.807, 2.05) is 6.07 Å². The molecule has 0 spiro atoms. The lowest BCUT2D eigenvalue weighted by Gasteiger charge is -2.14. The van der Waals surface area contributed by atoms with Crippen LogP contribution in [0.5, 0.6) is 0 Å². The van der Waals surface area contributed by atoms with E-state index in [1.54, 1.807) is 26.4 Å². The van der Waals surface area contributed by atoms with Gasteiger partial charge in [0.05, 0.1) is 18.1 Å². The zero-order valence-corrected chi connectivity index (χ0v) is 6.29. The number of hydrogen-bond donors (Lipinski definition) is 1. The van der Waals surface area contributed by atoms with Crippen LogP contribution in [0.2, 0.25) is 0 Å². The summed E-state index contributed by atoms with van der Waals surface area (Å²) in [5, 5.41) is 9.35. The smallest absolute Gasteiger partial charge is 0.0935 e. The fourth-order valence-electron chi connectivity index (χ4n) is 0.893. The maximum atomic E-state index is 9.35. The van der Waals surface area contributed by atoms with Gasteiger partial charge in [-0.3, -0.25) is 0 Å². The highest BCUT2D eigenvalue weighted by atomic mass is 16.3. The Morgan fingerprint density at radius 1 is 1.60 bits per heavy atom. The number of aliphatic hydroxyl groups is 1. The van der Waals surface area contributed by atoms with Crippen molar-refractivity contribution in [3.05, 3.63) is 24.2 Å². The summed E-state index contributed by atoms with van der Waals surface area (Å²) in [7, 11) is 0. The molecule has 1 heterocycles. The third kappa shape index (κ3) is 2.23. The van der Waals surface area contributed by atoms with Crippen molar-refractivity contribution in [1.82, 2.24) is 0 Å². The van der Waals surface area contributed by atoms with Gasteiger partial charge in [0.1, 0.15) is 0 Å². The third-order valence-corrected chi connectivity index (χ3v) is 1.22. The van der Waals surface area contributed by atoms with Crippen LogP contribution >= 0.6 is 0 Å². The fourth-order valence-corrected chi connectivity index (χ4v) is 0.893. The lowest BCUT2D eigenvalue weighted by Crippen LogP contribution is -2.21. The van der Waals surface area contributed by atoms with Crippen molar-refractivity contribution in [3.63, 3.8) is 0 Å². The molecular weight excluding hydrogens is 128 g/mol. The molecule has 0 aliphatic rings. The van der Waals surface area contributed by atoms with E-state index in [1.165, 1.54) is 0 Å². The maximum Gasteiger partial charge on any atom is 0.0935 e. The van der Waals surface area contributed by atoms with Gasteiger partial charge in [-0.15, -0.1) is 0 Å². The highest BCUT2D eigenvalue weighted by Gasteiger charge is 2.13. The van der Waals surface area contributed by atoms with Gasteiger partial charge in [0.25, 0.3) is 0 Å². The minimum atomic E-state index is -0.635. The van der Waals surface area contributed by atoms with Crippen molar-refractivity contribution in [1.29, 1.82) is 0 Å². The number of furan rings is 1. The zero-order chi connectivity index (χ0) is 7.61. The normalized spacial score (nSPS) is 11.9. The molecule has 0 saturated heterocycles. The molecule has 0 atom stereocenters. The topological polar surface area (TPSA) is 33.4 Å². The first kappa shape index (κ1) is 7.35. The summed E-state index contributed by atoms with van der Waals surface area (Å²) in [6.45, 7) is 3.56. The molecule has 1 aromatic rings. The average molecular weight is 140 g/mol. The Morgan fingerprint density at radius 3 is 2.70 bits per heavy atom. The van der Waals surface area contributed by atoms with Crippen LogP contribution in [0.4, 0.5) is 0 Å². The highest BCUT2D eigenvalue weighted by Crippen LogP contribution is 2.11. The molecule has 1 N–H and O–H groups in total. The second-order valence-corrected chi connectivity index (χ2v) is 3.12. The zero-order valence-electron chi connectivity index (χ0n) is 6.29. The molecule has 0 aromatic carbocycles. The molecule has 2 nitrogen and oxygen atoms in total. The third-order valence-electron chi connectivity index (χ3n) is 1.22. The molecule has 1 rings (SSSR count). The van der Waals surface area contributed by atoms with Crippen molar-refractivity contribution < 1.29 is 9.52 Å². The molecule has 0 unspecified atom stereocenters. The summed E-state index contributed by atoms with van der Waals surface area (Å²) in [5.41, 5.74) is 0.400. The fraction of sp³-hybridized carbons (Fsp3) is 0.500. The molecule has 2 heteroatoms. The van der Waals surface area contributed by atoms with Crippen molar-refractivity contribution in [2.24, 2.45) is 0 Å². The lowest BCUT2D eigenvalue weighted by atomic mass is 10.0. The first-order valence-corrected chi connectivity index (χ1v) is 3.31.